The Morgan fingerprint density at radius 2 is 1.92 bits per heavy atom. The molecule has 0 unspecified atom stereocenters. The molecule has 0 spiro atoms. The van der Waals surface area contributed by atoms with Crippen LogP contribution in [0.15, 0.2) is 24.3 Å². The molecule has 0 aromatic heterocycles. The van der Waals surface area contributed by atoms with Crippen LogP contribution in [0.1, 0.15) is 13.3 Å². The molecule has 0 amide bonds. The molecule has 3 N–H and O–H groups in total. The highest BCUT2D eigenvalue weighted by Gasteiger charge is 2.47. The normalized spacial score (nSPS) is 29.2. The second-order valence-corrected chi connectivity index (χ2v) is 5.80. The van der Waals surface area contributed by atoms with Crippen LogP contribution < -0.4 is 4.74 Å². The number of thiocarbonyl (C=S) groups is 1. The Bertz CT molecular complexity index is 556. The Hall–Kier alpha value is -1.36. The van der Waals surface area contributed by atoms with Gasteiger partial charge in [-0.3, -0.25) is 0 Å². The summed E-state index contributed by atoms with van der Waals surface area (Å²) in [4.78, 5) is 0. The van der Waals surface area contributed by atoms with Crippen LogP contribution in [0.3, 0.4) is 0 Å². The van der Waals surface area contributed by atoms with E-state index in [0.717, 1.165) is 0 Å². The molecule has 1 saturated heterocycles. The molecule has 25 heavy (non-hydrogen) atoms. The zero-order chi connectivity index (χ0) is 18.4. The maximum absolute atomic E-state index is 12.9. The number of ether oxygens (including phenoxy) is 4. The lowest BCUT2D eigenvalue weighted by Gasteiger charge is -2.41. The molecular weight excluding hydrogens is 355 g/mol. The van der Waals surface area contributed by atoms with Crippen LogP contribution in [0.4, 0.5) is 4.39 Å². The second kappa shape index (κ2) is 9.37. The molecule has 1 heterocycles. The Kier molecular flexibility index (Phi) is 7.48. The van der Waals surface area contributed by atoms with Crippen molar-refractivity contribution in [2.24, 2.45) is 0 Å². The topological polar surface area (TPSA) is 97.6 Å². The summed E-state index contributed by atoms with van der Waals surface area (Å²) < 4.78 is 34.2. The third kappa shape index (κ3) is 5.30. The smallest absolute Gasteiger partial charge is 0.358 e. The van der Waals surface area contributed by atoms with Gasteiger partial charge in [0, 0.05) is 18.8 Å². The Morgan fingerprint density at radius 3 is 2.52 bits per heavy atom. The first-order valence-electron chi connectivity index (χ1n) is 7.84. The molecule has 1 aromatic rings. The van der Waals surface area contributed by atoms with Gasteiger partial charge in [0.1, 0.15) is 29.9 Å². The minimum Gasteiger partial charge on any atom is -0.447 e. The van der Waals surface area contributed by atoms with E-state index in [1.165, 1.54) is 24.3 Å². The van der Waals surface area contributed by atoms with Gasteiger partial charge < -0.3 is 34.3 Å². The van der Waals surface area contributed by atoms with Gasteiger partial charge in [0.2, 0.25) is 0 Å². The van der Waals surface area contributed by atoms with Crippen molar-refractivity contribution in [3.63, 3.8) is 0 Å². The lowest BCUT2D eigenvalue weighted by molar-refractivity contribution is -0.299. The maximum Gasteiger partial charge on any atom is 0.358 e. The zero-order valence-corrected chi connectivity index (χ0v) is 14.4. The lowest BCUT2D eigenvalue weighted by Crippen LogP contribution is -2.60. The fourth-order valence-corrected chi connectivity index (χ4v) is 2.51. The van der Waals surface area contributed by atoms with E-state index in [1.54, 1.807) is 0 Å². The second-order valence-electron chi connectivity index (χ2n) is 5.47. The molecule has 1 aliphatic heterocycles. The van der Waals surface area contributed by atoms with Gasteiger partial charge in [-0.05, 0) is 30.7 Å². The fraction of sp³-hybridized carbons (Fsp3) is 0.562. The molecular formula is C16H21FO7S. The molecule has 9 heteroatoms. The molecule has 0 saturated carbocycles. The number of rotatable bonds is 6. The van der Waals surface area contributed by atoms with E-state index < -0.39 is 43.1 Å². The first-order chi connectivity index (χ1) is 12.0. The third-order valence-electron chi connectivity index (χ3n) is 3.56. The Morgan fingerprint density at radius 1 is 1.24 bits per heavy atom. The van der Waals surface area contributed by atoms with Crippen molar-refractivity contribution in [1.29, 1.82) is 0 Å². The summed E-state index contributed by atoms with van der Waals surface area (Å²) >= 11 is 4.95. The molecule has 140 valence electrons. The van der Waals surface area contributed by atoms with E-state index >= 15 is 0 Å². The van der Waals surface area contributed by atoms with Gasteiger partial charge in [-0.15, -0.1) is 0 Å². The van der Waals surface area contributed by atoms with E-state index in [2.05, 4.69) is 0 Å². The summed E-state index contributed by atoms with van der Waals surface area (Å²) in [6.07, 6.45) is -5.32. The first-order valence-corrected chi connectivity index (χ1v) is 8.25. The number of halogens is 1. The van der Waals surface area contributed by atoms with E-state index in [-0.39, 0.29) is 11.0 Å². The highest BCUT2D eigenvalue weighted by Crippen LogP contribution is 2.25. The van der Waals surface area contributed by atoms with Crippen LogP contribution in [0.2, 0.25) is 0 Å². The van der Waals surface area contributed by atoms with E-state index in [1.807, 2.05) is 6.92 Å². The summed E-state index contributed by atoms with van der Waals surface area (Å²) in [6.45, 7) is 1.71. The van der Waals surface area contributed by atoms with Gasteiger partial charge in [0.25, 0.3) is 0 Å². The molecule has 0 radical (unpaired) electrons. The molecule has 1 aliphatic rings. The number of hydrogen-bond donors (Lipinski definition) is 3. The molecule has 0 bridgehead atoms. The van der Waals surface area contributed by atoms with Gasteiger partial charge >= 0.3 is 5.24 Å². The van der Waals surface area contributed by atoms with Crippen LogP contribution in [0.25, 0.3) is 0 Å². The zero-order valence-electron chi connectivity index (χ0n) is 13.6. The van der Waals surface area contributed by atoms with Gasteiger partial charge in [-0.25, -0.2) is 4.39 Å². The first kappa shape index (κ1) is 20.0. The van der Waals surface area contributed by atoms with Crippen LogP contribution >= 0.6 is 12.2 Å². The largest absolute Gasteiger partial charge is 0.447 e. The highest BCUT2D eigenvalue weighted by atomic mass is 32.1. The highest BCUT2D eigenvalue weighted by molar-refractivity contribution is 7.79. The number of benzene rings is 1. The van der Waals surface area contributed by atoms with E-state index in [0.29, 0.717) is 13.0 Å². The fourth-order valence-electron chi connectivity index (χ4n) is 2.30. The minimum atomic E-state index is -1.35. The van der Waals surface area contributed by atoms with E-state index in [4.69, 9.17) is 31.2 Å². The average Bonchev–Trinajstić information content (AvgIpc) is 2.60. The summed E-state index contributed by atoms with van der Waals surface area (Å²) in [5.41, 5.74) is 0. The SMILES string of the molecule is CCCO[C@@H]1O[C@H](CO)[C@H](O)[C@H](OC(=S)Oc2ccc(F)cc2)[C@H]1O. The summed E-state index contributed by atoms with van der Waals surface area (Å²) in [5.74, 6) is -0.198. The van der Waals surface area contributed by atoms with Crippen LogP contribution in [-0.2, 0) is 14.2 Å². The van der Waals surface area contributed by atoms with Crippen molar-refractivity contribution in [1.82, 2.24) is 0 Å². The Balaban J connectivity index is 2.02. The summed E-state index contributed by atoms with van der Waals surface area (Å²) in [7, 11) is 0. The molecule has 2 rings (SSSR count). The molecule has 5 atom stereocenters. The minimum absolute atomic E-state index is 0.236. The number of aliphatic hydroxyl groups is 3. The van der Waals surface area contributed by atoms with Crippen molar-refractivity contribution in [3.05, 3.63) is 30.1 Å². The molecule has 7 nitrogen and oxygen atoms in total. The molecule has 1 fully saturated rings. The summed E-state index contributed by atoms with van der Waals surface area (Å²) in [6, 6.07) is 5.08. The molecule has 0 aliphatic carbocycles. The van der Waals surface area contributed by atoms with Crippen molar-refractivity contribution < 1.29 is 38.7 Å². The van der Waals surface area contributed by atoms with Crippen molar-refractivity contribution in [2.45, 2.75) is 44.1 Å². The summed E-state index contributed by atoms with van der Waals surface area (Å²) in [5, 5.41) is 29.5. The van der Waals surface area contributed by atoms with Crippen molar-refractivity contribution >= 4 is 17.5 Å². The van der Waals surface area contributed by atoms with Gasteiger partial charge in [0.15, 0.2) is 12.4 Å². The van der Waals surface area contributed by atoms with Gasteiger partial charge in [-0.1, -0.05) is 6.92 Å². The maximum atomic E-state index is 12.9. The standard InChI is InChI=1S/C16H21FO7S/c1-2-7-21-15-13(20)14(12(19)11(8-18)23-15)24-16(25)22-10-5-3-9(17)4-6-10/h3-6,11-15,18-20H,2,7-8H2,1H3/t11-,12+,13-,14+,15-/m1/s1. The number of aliphatic hydroxyl groups excluding tert-OH is 3. The lowest BCUT2D eigenvalue weighted by atomic mass is 9.99. The third-order valence-corrected chi connectivity index (χ3v) is 3.73. The van der Waals surface area contributed by atoms with E-state index in [9.17, 15) is 19.7 Å². The van der Waals surface area contributed by atoms with Crippen LogP contribution in [-0.4, -0.2) is 64.5 Å². The monoisotopic (exact) mass is 376 g/mol. The predicted octanol–water partition coefficient (Wildman–Crippen LogP) is 0.740. The predicted molar refractivity (Wildman–Crippen MR) is 88.5 cm³/mol. The van der Waals surface area contributed by atoms with Crippen LogP contribution in [0, 0.1) is 5.82 Å². The Labute approximate surface area is 149 Å². The van der Waals surface area contributed by atoms with Crippen molar-refractivity contribution in [2.75, 3.05) is 13.2 Å². The van der Waals surface area contributed by atoms with Gasteiger partial charge in [0.05, 0.1) is 6.61 Å². The molecule has 1 aromatic carbocycles. The van der Waals surface area contributed by atoms with Gasteiger partial charge in [-0.2, -0.15) is 0 Å². The van der Waals surface area contributed by atoms with Crippen LogP contribution in [0.5, 0.6) is 5.75 Å². The quantitative estimate of drug-likeness (QED) is 0.626. The number of hydrogen-bond acceptors (Lipinski definition) is 8. The average molecular weight is 376 g/mol. The van der Waals surface area contributed by atoms with Crippen molar-refractivity contribution in [3.8, 4) is 5.75 Å².